The molecular weight excluding hydrogens is 368 g/mol. The van der Waals surface area contributed by atoms with Crippen LogP contribution in [-0.2, 0) is 17.1 Å². The second kappa shape index (κ2) is 11.5. The molecule has 0 saturated heterocycles. The molecule has 7 heteroatoms. The van der Waals surface area contributed by atoms with Crippen LogP contribution in [-0.4, -0.2) is 30.6 Å². The molecule has 3 aromatic rings. The molecule has 0 fully saturated rings. The van der Waals surface area contributed by atoms with Crippen molar-refractivity contribution in [2.45, 2.75) is 0 Å². The van der Waals surface area contributed by atoms with Crippen molar-refractivity contribution in [1.29, 1.82) is 0 Å². The Morgan fingerprint density at radius 3 is 0.600 bits per heavy atom. The first kappa shape index (κ1) is 22.0. The van der Waals surface area contributed by atoms with Crippen LogP contribution in [0, 0.1) is 0 Å². The van der Waals surface area contributed by atoms with Crippen LogP contribution in [0.4, 0.5) is 0 Å². The van der Waals surface area contributed by atoms with Gasteiger partial charge in [0.1, 0.15) is 34.5 Å². The van der Waals surface area contributed by atoms with Crippen LogP contribution in [0.5, 0.6) is 34.5 Å². The van der Waals surface area contributed by atoms with Crippen molar-refractivity contribution in [3.8, 4) is 34.5 Å². The number of hydrogen-bond donors (Lipinski definition) is 6. The summed E-state index contributed by atoms with van der Waals surface area (Å²) in [5.74, 6) is 0.528. The minimum absolute atomic E-state index is 0. The van der Waals surface area contributed by atoms with Gasteiger partial charge in [0.05, 0.1) is 0 Å². The maximum absolute atomic E-state index is 8.65. The molecule has 0 spiro atoms. The molecule has 0 radical (unpaired) electrons. The number of rotatable bonds is 0. The molecule has 25 heavy (non-hydrogen) atoms. The van der Waals surface area contributed by atoms with Crippen molar-refractivity contribution in [2.75, 3.05) is 0 Å². The van der Waals surface area contributed by atoms with Gasteiger partial charge in [0.15, 0.2) is 0 Å². The van der Waals surface area contributed by atoms with Crippen LogP contribution in [0.3, 0.4) is 0 Å². The molecule has 0 saturated carbocycles. The predicted octanol–water partition coefficient (Wildman–Crippen LogP) is 3.29. The summed E-state index contributed by atoms with van der Waals surface area (Å²) in [7, 11) is 0. The van der Waals surface area contributed by atoms with E-state index in [1.54, 1.807) is 18.2 Å². The number of aromatic hydroxyl groups is 6. The van der Waals surface area contributed by atoms with Gasteiger partial charge in [-0.2, -0.15) is 0 Å². The van der Waals surface area contributed by atoms with E-state index in [9.17, 15) is 0 Å². The average Bonchev–Trinajstić information content (AvgIpc) is 2.47. The summed E-state index contributed by atoms with van der Waals surface area (Å²) in [5, 5.41) is 51.9. The fraction of sp³-hybridized carbons (Fsp3) is 0. The number of benzene rings is 3. The fourth-order valence-electron chi connectivity index (χ4n) is 1.48. The molecule has 0 bridgehead atoms. The van der Waals surface area contributed by atoms with E-state index in [2.05, 4.69) is 0 Å². The zero-order valence-corrected chi connectivity index (χ0v) is 14.1. The van der Waals surface area contributed by atoms with Gasteiger partial charge in [0, 0.05) is 35.3 Å². The fourth-order valence-corrected chi connectivity index (χ4v) is 1.48. The third-order valence-electron chi connectivity index (χ3n) is 2.49. The third kappa shape index (κ3) is 10.4. The van der Waals surface area contributed by atoms with E-state index < -0.39 is 0 Å². The summed E-state index contributed by atoms with van der Waals surface area (Å²) in [6.07, 6.45) is 0. The van der Waals surface area contributed by atoms with Gasteiger partial charge in [-0.25, -0.2) is 0 Å². The molecule has 0 unspecified atom stereocenters. The molecule has 0 amide bonds. The Morgan fingerprint density at radius 2 is 0.520 bits per heavy atom. The van der Waals surface area contributed by atoms with E-state index in [1.807, 2.05) is 0 Å². The number of phenolic OH excluding ortho intramolecular Hbond substituents is 6. The van der Waals surface area contributed by atoms with E-state index in [1.165, 1.54) is 54.6 Å². The Labute approximate surface area is 155 Å². The van der Waals surface area contributed by atoms with Crippen molar-refractivity contribution >= 4 is 0 Å². The first-order chi connectivity index (χ1) is 11.4. The van der Waals surface area contributed by atoms with Crippen LogP contribution in [0.25, 0.3) is 0 Å². The topological polar surface area (TPSA) is 121 Å². The smallest absolute Gasteiger partial charge is 0.119 e. The summed E-state index contributed by atoms with van der Waals surface area (Å²) in [5.41, 5.74) is 0. The van der Waals surface area contributed by atoms with E-state index in [0.717, 1.165) is 0 Å². The van der Waals surface area contributed by atoms with E-state index in [0.29, 0.717) is 0 Å². The molecule has 3 rings (SSSR count). The van der Waals surface area contributed by atoms with Crippen molar-refractivity contribution in [3.63, 3.8) is 0 Å². The van der Waals surface area contributed by atoms with Gasteiger partial charge in [0.25, 0.3) is 0 Å². The van der Waals surface area contributed by atoms with Gasteiger partial charge in [-0.05, 0) is 36.4 Å². The van der Waals surface area contributed by atoms with E-state index in [-0.39, 0.29) is 51.6 Å². The first-order valence-electron chi connectivity index (χ1n) is 6.81. The summed E-state index contributed by atoms with van der Waals surface area (Å²) in [4.78, 5) is 0. The van der Waals surface area contributed by atoms with Crippen LogP contribution < -0.4 is 0 Å². The maximum Gasteiger partial charge on any atom is 0.119 e. The molecule has 6 N–H and O–H groups in total. The monoisotopic (exact) mass is 386 g/mol. The normalized spacial score (nSPS) is 8.64. The summed E-state index contributed by atoms with van der Waals surface area (Å²) in [6, 6.07) is 17.6. The summed E-state index contributed by atoms with van der Waals surface area (Å²) < 4.78 is 0. The third-order valence-corrected chi connectivity index (χ3v) is 2.49. The quantitative estimate of drug-likeness (QED) is 0.330. The van der Waals surface area contributed by atoms with Crippen LogP contribution in [0.1, 0.15) is 0 Å². The van der Waals surface area contributed by atoms with Crippen LogP contribution in [0.2, 0.25) is 0 Å². The first-order valence-corrected chi connectivity index (χ1v) is 6.81. The largest absolute Gasteiger partial charge is 0.508 e. The zero-order valence-electron chi connectivity index (χ0n) is 13.0. The van der Waals surface area contributed by atoms with Gasteiger partial charge in [-0.3, -0.25) is 0 Å². The van der Waals surface area contributed by atoms with Crippen molar-refractivity contribution in [2.24, 2.45) is 0 Å². The van der Waals surface area contributed by atoms with Gasteiger partial charge in [0.2, 0.25) is 0 Å². The van der Waals surface area contributed by atoms with Crippen LogP contribution in [0.15, 0.2) is 72.8 Å². The Morgan fingerprint density at radius 1 is 0.360 bits per heavy atom. The summed E-state index contributed by atoms with van der Waals surface area (Å²) >= 11 is 0. The minimum atomic E-state index is 0. The van der Waals surface area contributed by atoms with Crippen molar-refractivity contribution in [3.05, 3.63) is 72.8 Å². The molecule has 3 aromatic carbocycles. The average molecular weight is 386 g/mol. The maximum atomic E-state index is 8.65. The summed E-state index contributed by atoms with van der Waals surface area (Å²) in [6.45, 7) is 0. The van der Waals surface area contributed by atoms with E-state index >= 15 is 0 Å². The van der Waals surface area contributed by atoms with Gasteiger partial charge < -0.3 is 30.6 Å². The Hall–Kier alpha value is -3.02. The zero-order chi connectivity index (χ0) is 17.9. The molecule has 0 atom stereocenters. The minimum Gasteiger partial charge on any atom is -0.508 e. The second-order valence-corrected chi connectivity index (χ2v) is 4.56. The molecule has 0 heterocycles. The van der Waals surface area contributed by atoms with Gasteiger partial charge in [-0.15, -0.1) is 0 Å². The standard InChI is InChI=1S/3C6H6O2.Fe/c3*7-5-2-1-3-6(8)4-5;/h3*1-4,7-8H;. The Kier molecular flexibility index (Phi) is 10.1. The Bertz CT molecular complexity index is 609. The van der Waals surface area contributed by atoms with Gasteiger partial charge in [-0.1, -0.05) is 18.2 Å². The molecule has 0 aromatic heterocycles. The Balaban J connectivity index is 0.000000339. The SMILES string of the molecule is Oc1cccc(O)c1.Oc1cccc(O)c1.Oc1cccc(O)c1.[Fe]. The number of hydrogen-bond acceptors (Lipinski definition) is 6. The van der Waals surface area contributed by atoms with Crippen molar-refractivity contribution < 1.29 is 47.7 Å². The van der Waals surface area contributed by atoms with Crippen LogP contribution >= 0.6 is 0 Å². The molecule has 0 aliphatic heterocycles. The van der Waals surface area contributed by atoms with Crippen molar-refractivity contribution in [1.82, 2.24) is 0 Å². The molecular formula is C18H18FeO6. The molecule has 0 aliphatic carbocycles. The molecule has 134 valence electrons. The second-order valence-electron chi connectivity index (χ2n) is 4.56. The predicted molar refractivity (Wildman–Crippen MR) is 89.3 cm³/mol. The molecule has 0 aliphatic rings. The van der Waals surface area contributed by atoms with Gasteiger partial charge >= 0.3 is 0 Å². The van der Waals surface area contributed by atoms with E-state index in [4.69, 9.17) is 30.6 Å². The molecule has 6 nitrogen and oxygen atoms in total. The number of phenols is 6.